The molecule has 0 amide bonds. The topological polar surface area (TPSA) is 74.7 Å². The predicted octanol–water partition coefficient (Wildman–Crippen LogP) is 4.34. The van der Waals surface area contributed by atoms with Crippen LogP contribution in [0.1, 0.15) is 18.1 Å². The number of anilines is 1. The first-order valence-corrected chi connectivity index (χ1v) is 9.38. The van der Waals surface area contributed by atoms with E-state index in [-0.39, 0.29) is 9.92 Å². The fraction of sp³-hybridized carbons (Fsp3) is 0.235. The van der Waals surface area contributed by atoms with Crippen molar-refractivity contribution in [1.82, 2.24) is 0 Å². The van der Waals surface area contributed by atoms with Gasteiger partial charge in [-0.25, -0.2) is 13.2 Å². The van der Waals surface area contributed by atoms with Crippen molar-refractivity contribution in [3.63, 3.8) is 0 Å². The standard InChI is InChI=1S/C17H15ClF3NO4S/c1-10-3-6-13(7-4-10)27(25,26)22(11(2)16(23)24)15-9-12(17(19,20)21)5-8-14(15)18/h3-9,11H,1-2H3,(H,23,24). The molecule has 0 radical (unpaired) electrons. The molecule has 146 valence electrons. The lowest BCUT2D eigenvalue weighted by Crippen LogP contribution is -2.43. The molecule has 10 heteroatoms. The Hall–Kier alpha value is -2.26. The van der Waals surface area contributed by atoms with Crippen LogP contribution in [0.25, 0.3) is 0 Å². The zero-order valence-corrected chi connectivity index (χ0v) is 15.7. The number of rotatable bonds is 5. The van der Waals surface area contributed by atoms with Crippen molar-refractivity contribution < 1.29 is 31.5 Å². The van der Waals surface area contributed by atoms with Crippen LogP contribution in [-0.2, 0) is 21.0 Å². The van der Waals surface area contributed by atoms with Gasteiger partial charge in [0.05, 0.1) is 21.2 Å². The molecule has 1 atom stereocenters. The molecule has 0 spiro atoms. The highest BCUT2D eigenvalue weighted by Gasteiger charge is 2.37. The number of carboxylic acids is 1. The molecular formula is C17H15ClF3NO4S. The van der Waals surface area contributed by atoms with Crippen LogP contribution in [0.15, 0.2) is 47.4 Å². The smallest absolute Gasteiger partial charge is 0.416 e. The second kappa shape index (κ2) is 7.40. The largest absolute Gasteiger partial charge is 0.480 e. The van der Waals surface area contributed by atoms with Gasteiger partial charge in [0.15, 0.2) is 0 Å². The van der Waals surface area contributed by atoms with Gasteiger partial charge in [-0.05, 0) is 44.2 Å². The van der Waals surface area contributed by atoms with Crippen molar-refractivity contribution >= 4 is 33.3 Å². The average molecular weight is 422 g/mol. The van der Waals surface area contributed by atoms with Gasteiger partial charge in [-0.15, -0.1) is 0 Å². The minimum atomic E-state index is -4.76. The molecule has 0 aliphatic carbocycles. The molecule has 1 unspecified atom stereocenters. The molecule has 0 aromatic heterocycles. The summed E-state index contributed by atoms with van der Waals surface area (Å²) in [5, 5.41) is 8.99. The third kappa shape index (κ3) is 4.36. The van der Waals surface area contributed by atoms with Gasteiger partial charge in [-0.2, -0.15) is 13.2 Å². The molecule has 2 rings (SSSR count). The highest BCUT2D eigenvalue weighted by Crippen LogP contribution is 2.38. The molecule has 5 nitrogen and oxygen atoms in total. The molecule has 0 saturated heterocycles. The Morgan fingerprint density at radius 3 is 2.19 bits per heavy atom. The lowest BCUT2D eigenvalue weighted by Gasteiger charge is -2.29. The number of carbonyl (C=O) groups is 1. The first kappa shape index (κ1) is 21.0. The number of hydrogen-bond acceptors (Lipinski definition) is 3. The minimum absolute atomic E-state index is 0.269. The van der Waals surface area contributed by atoms with E-state index in [9.17, 15) is 31.5 Å². The molecule has 0 fully saturated rings. The van der Waals surface area contributed by atoms with E-state index in [1.807, 2.05) is 0 Å². The second-order valence-corrected chi connectivity index (χ2v) is 8.01. The molecule has 0 saturated carbocycles. The summed E-state index contributed by atoms with van der Waals surface area (Å²) in [4.78, 5) is 11.2. The third-order valence-electron chi connectivity index (χ3n) is 3.80. The molecule has 0 bridgehead atoms. The number of alkyl halides is 3. The number of nitrogens with zero attached hydrogens (tertiary/aromatic N) is 1. The number of halogens is 4. The Kier molecular flexibility index (Phi) is 5.77. The lowest BCUT2D eigenvalue weighted by atomic mass is 10.2. The van der Waals surface area contributed by atoms with Crippen LogP contribution in [0, 0.1) is 6.92 Å². The van der Waals surface area contributed by atoms with Gasteiger partial charge in [0, 0.05) is 0 Å². The molecule has 1 N–H and O–H groups in total. The molecule has 0 aliphatic heterocycles. The van der Waals surface area contributed by atoms with Crippen molar-refractivity contribution in [2.24, 2.45) is 0 Å². The summed E-state index contributed by atoms with van der Waals surface area (Å²) in [5.74, 6) is -1.54. The van der Waals surface area contributed by atoms with Crippen LogP contribution in [0.5, 0.6) is 0 Å². The second-order valence-electron chi connectivity index (χ2n) is 5.79. The normalized spacial score (nSPS) is 13.3. The maximum absolute atomic E-state index is 13.1. The Bertz CT molecular complexity index is 959. The van der Waals surface area contributed by atoms with Crippen molar-refractivity contribution in [1.29, 1.82) is 0 Å². The summed E-state index contributed by atoms with van der Waals surface area (Å²) in [7, 11) is -4.50. The van der Waals surface area contributed by atoms with Gasteiger partial charge in [-0.3, -0.25) is 4.31 Å². The number of hydrogen-bond donors (Lipinski definition) is 1. The molecular weight excluding hydrogens is 407 g/mol. The van der Waals surface area contributed by atoms with E-state index in [0.29, 0.717) is 16.4 Å². The molecule has 0 aliphatic rings. The summed E-state index contributed by atoms with van der Waals surface area (Å²) in [6, 6.07) is 5.86. The van der Waals surface area contributed by atoms with Crippen LogP contribution in [0.4, 0.5) is 18.9 Å². The SMILES string of the molecule is Cc1ccc(S(=O)(=O)N(c2cc(C(F)(F)F)ccc2Cl)C(C)C(=O)O)cc1. The molecule has 0 heterocycles. The number of sulfonamides is 1. The number of aryl methyl sites for hydroxylation is 1. The van der Waals surface area contributed by atoms with Crippen molar-refractivity contribution in [2.75, 3.05) is 4.31 Å². The van der Waals surface area contributed by atoms with Gasteiger partial charge >= 0.3 is 12.1 Å². The fourth-order valence-electron chi connectivity index (χ4n) is 2.33. The Balaban J connectivity index is 2.73. The van der Waals surface area contributed by atoms with E-state index < -0.39 is 39.5 Å². The summed E-state index contributed by atoms with van der Waals surface area (Å²) in [6.45, 7) is 2.77. The van der Waals surface area contributed by atoms with Crippen LogP contribution in [-0.4, -0.2) is 25.5 Å². The van der Waals surface area contributed by atoms with Gasteiger partial charge < -0.3 is 5.11 Å². The minimum Gasteiger partial charge on any atom is -0.480 e. The van der Waals surface area contributed by atoms with E-state index in [1.165, 1.54) is 24.3 Å². The zero-order chi connectivity index (χ0) is 20.6. The summed E-state index contributed by atoms with van der Waals surface area (Å²) < 4.78 is 65.6. The van der Waals surface area contributed by atoms with Crippen molar-refractivity contribution in [2.45, 2.75) is 31.0 Å². The summed E-state index contributed by atoms with van der Waals surface area (Å²) in [5.41, 5.74) is -0.963. The van der Waals surface area contributed by atoms with E-state index >= 15 is 0 Å². The average Bonchev–Trinajstić information content (AvgIpc) is 2.55. The van der Waals surface area contributed by atoms with Gasteiger partial charge in [0.2, 0.25) is 0 Å². The van der Waals surface area contributed by atoms with E-state index in [1.54, 1.807) is 6.92 Å². The Labute approximate surface area is 159 Å². The first-order valence-electron chi connectivity index (χ1n) is 7.56. The van der Waals surface area contributed by atoms with Gasteiger partial charge in [0.1, 0.15) is 6.04 Å². The monoisotopic (exact) mass is 421 g/mol. The fourth-order valence-corrected chi connectivity index (χ4v) is 4.21. The molecule has 2 aromatic carbocycles. The van der Waals surface area contributed by atoms with Crippen LogP contribution in [0.2, 0.25) is 5.02 Å². The molecule has 27 heavy (non-hydrogen) atoms. The predicted molar refractivity (Wildman–Crippen MR) is 94.4 cm³/mol. The van der Waals surface area contributed by atoms with E-state index in [0.717, 1.165) is 18.6 Å². The Morgan fingerprint density at radius 2 is 1.70 bits per heavy atom. The first-order chi connectivity index (χ1) is 12.4. The summed E-state index contributed by atoms with van der Waals surface area (Å²) in [6.07, 6.45) is -4.76. The molecule has 2 aromatic rings. The Morgan fingerprint density at radius 1 is 1.15 bits per heavy atom. The third-order valence-corrected chi connectivity index (χ3v) is 6.02. The van der Waals surface area contributed by atoms with Crippen molar-refractivity contribution in [3.8, 4) is 0 Å². The van der Waals surface area contributed by atoms with Crippen LogP contribution >= 0.6 is 11.6 Å². The summed E-state index contributed by atoms with van der Waals surface area (Å²) >= 11 is 5.94. The van der Waals surface area contributed by atoms with Crippen LogP contribution < -0.4 is 4.31 Å². The number of carboxylic acid groups (broad SMARTS) is 1. The lowest BCUT2D eigenvalue weighted by molar-refractivity contribution is -0.138. The number of benzene rings is 2. The van der Waals surface area contributed by atoms with E-state index in [4.69, 9.17) is 11.6 Å². The number of aliphatic carboxylic acids is 1. The highest BCUT2D eigenvalue weighted by atomic mass is 35.5. The van der Waals surface area contributed by atoms with Gasteiger partial charge in [-0.1, -0.05) is 29.3 Å². The van der Waals surface area contributed by atoms with Crippen LogP contribution in [0.3, 0.4) is 0 Å². The highest BCUT2D eigenvalue weighted by molar-refractivity contribution is 7.93. The van der Waals surface area contributed by atoms with Gasteiger partial charge in [0.25, 0.3) is 10.0 Å². The maximum atomic E-state index is 13.1. The quantitative estimate of drug-likeness (QED) is 0.779. The van der Waals surface area contributed by atoms with Crippen molar-refractivity contribution in [3.05, 3.63) is 58.6 Å². The zero-order valence-electron chi connectivity index (χ0n) is 14.2. The van der Waals surface area contributed by atoms with E-state index in [2.05, 4.69) is 0 Å². The maximum Gasteiger partial charge on any atom is 0.416 e.